The van der Waals surface area contributed by atoms with Gasteiger partial charge < -0.3 is 9.84 Å². The average Bonchev–Trinajstić information content (AvgIpc) is 3.01. The number of hydrazone groups is 1. The Morgan fingerprint density at radius 2 is 1.84 bits per heavy atom. The molecular weight excluding hydrogens is 320 g/mol. The topological polar surface area (TPSA) is 99.3 Å². The number of benzene rings is 2. The van der Waals surface area contributed by atoms with E-state index in [2.05, 4.69) is 20.7 Å². The number of hydrogen-bond donors (Lipinski definition) is 3. The van der Waals surface area contributed by atoms with Gasteiger partial charge in [-0.2, -0.15) is 5.10 Å². The van der Waals surface area contributed by atoms with Crippen molar-refractivity contribution in [2.75, 3.05) is 0 Å². The van der Waals surface area contributed by atoms with Gasteiger partial charge in [-0.1, -0.05) is 30.3 Å². The van der Waals surface area contributed by atoms with E-state index in [9.17, 15) is 9.59 Å². The molecule has 7 heteroatoms. The van der Waals surface area contributed by atoms with Gasteiger partial charge in [0.15, 0.2) is 0 Å². The highest BCUT2D eigenvalue weighted by Gasteiger charge is 2.04. The Labute approximate surface area is 143 Å². The second kappa shape index (κ2) is 7.78. The lowest BCUT2D eigenvalue weighted by molar-refractivity contribution is -0.120. The summed E-state index contributed by atoms with van der Waals surface area (Å²) in [6.07, 6.45) is 1.56. The molecule has 0 fully saturated rings. The minimum Gasteiger partial charge on any atom is -0.457 e. The first-order chi connectivity index (χ1) is 12.2. The molecule has 0 aliphatic heterocycles. The summed E-state index contributed by atoms with van der Waals surface area (Å²) in [7, 11) is 0. The predicted molar refractivity (Wildman–Crippen MR) is 93.8 cm³/mol. The fourth-order valence-electron chi connectivity index (χ4n) is 2.14. The minimum atomic E-state index is -0.330. The SMILES string of the molecule is O=C(Cc1cc(=O)[nH][nH]1)N/N=C/c1cccc(Oc2ccccc2)c1. The predicted octanol–water partition coefficient (Wildman–Crippen LogP) is 2.19. The van der Waals surface area contributed by atoms with Gasteiger partial charge in [0.2, 0.25) is 5.91 Å². The van der Waals surface area contributed by atoms with Gasteiger partial charge in [-0.25, -0.2) is 5.43 Å². The maximum absolute atomic E-state index is 11.7. The number of aromatic amines is 2. The highest BCUT2D eigenvalue weighted by atomic mass is 16.5. The number of carbonyl (C=O) groups excluding carboxylic acids is 1. The van der Waals surface area contributed by atoms with Crippen LogP contribution in [0.25, 0.3) is 0 Å². The number of rotatable bonds is 6. The zero-order valence-corrected chi connectivity index (χ0v) is 13.2. The van der Waals surface area contributed by atoms with Crippen LogP contribution in [0, 0.1) is 0 Å². The maximum atomic E-state index is 11.7. The van der Waals surface area contributed by atoms with Crippen LogP contribution in [0.2, 0.25) is 0 Å². The van der Waals surface area contributed by atoms with E-state index >= 15 is 0 Å². The smallest absolute Gasteiger partial charge is 0.264 e. The summed E-state index contributed by atoms with van der Waals surface area (Å²) in [4.78, 5) is 22.7. The molecule has 2 aromatic carbocycles. The zero-order valence-electron chi connectivity index (χ0n) is 13.2. The number of carbonyl (C=O) groups is 1. The van der Waals surface area contributed by atoms with Gasteiger partial charge in [0.1, 0.15) is 11.5 Å². The minimum absolute atomic E-state index is 0.0350. The number of nitrogens with zero attached hydrogens (tertiary/aromatic N) is 1. The molecule has 1 heterocycles. The van der Waals surface area contributed by atoms with E-state index in [4.69, 9.17) is 4.74 Å². The summed E-state index contributed by atoms with van der Waals surface area (Å²) in [5.74, 6) is 1.08. The Balaban J connectivity index is 1.57. The van der Waals surface area contributed by atoms with Crippen LogP contribution in [0.3, 0.4) is 0 Å². The van der Waals surface area contributed by atoms with Crippen LogP contribution in [-0.2, 0) is 11.2 Å². The molecule has 0 unspecified atom stereocenters. The van der Waals surface area contributed by atoms with Crippen molar-refractivity contribution in [1.82, 2.24) is 15.6 Å². The fourth-order valence-corrected chi connectivity index (χ4v) is 2.14. The summed E-state index contributed by atoms with van der Waals surface area (Å²) in [6.45, 7) is 0. The lowest BCUT2D eigenvalue weighted by Gasteiger charge is -2.05. The van der Waals surface area contributed by atoms with Crippen molar-refractivity contribution >= 4 is 12.1 Å². The number of amides is 1. The third kappa shape index (κ3) is 4.93. The third-order valence-electron chi connectivity index (χ3n) is 3.24. The molecule has 0 saturated carbocycles. The average molecular weight is 336 g/mol. The maximum Gasteiger partial charge on any atom is 0.264 e. The van der Waals surface area contributed by atoms with E-state index in [1.165, 1.54) is 12.3 Å². The molecule has 3 N–H and O–H groups in total. The summed E-state index contributed by atoms with van der Waals surface area (Å²) in [6, 6.07) is 18.1. The number of H-pyrrole nitrogens is 2. The van der Waals surface area contributed by atoms with Crippen LogP contribution in [0.4, 0.5) is 0 Å². The van der Waals surface area contributed by atoms with Crippen LogP contribution in [-0.4, -0.2) is 22.3 Å². The largest absolute Gasteiger partial charge is 0.457 e. The Kier molecular flexibility index (Phi) is 5.06. The Morgan fingerprint density at radius 3 is 2.60 bits per heavy atom. The molecule has 3 rings (SSSR count). The van der Waals surface area contributed by atoms with Crippen molar-refractivity contribution in [3.8, 4) is 11.5 Å². The quantitative estimate of drug-likeness (QED) is 0.475. The molecule has 0 aliphatic carbocycles. The van der Waals surface area contributed by atoms with E-state index in [1.54, 1.807) is 0 Å². The first kappa shape index (κ1) is 16.3. The van der Waals surface area contributed by atoms with E-state index < -0.39 is 0 Å². The van der Waals surface area contributed by atoms with Gasteiger partial charge in [-0.05, 0) is 29.8 Å². The molecule has 1 aromatic heterocycles. The summed E-state index contributed by atoms with van der Waals surface area (Å²) < 4.78 is 5.74. The van der Waals surface area contributed by atoms with Gasteiger partial charge in [0.25, 0.3) is 5.56 Å². The third-order valence-corrected chi connectivity index (χ3v) is 3.24. The Hall–Kier alpha value is -3.61. The Bertz CT molecular complexity index is 929. The summed E-state index contributed by atoms with van der Waals surface area (Å²) >= 11 is 0. The molecular formula is C18H16N4O3. The van der Waals surface area contributed by atoms with Gasteiger partial charge in [0, 0.05) is 11.8 Å². The molecule has 3 aromatic rings. The number of hydrogen-bond acceptors (Lipinski definition) is 4. The number of para-hydroxylation sites is 1. The molecule has 0 aliphatic rings. The van der Waals surface area contributed by atoms with Crippen LogP contribution >= 0.6 is 0 Å². The van der Waals surface area contributed by atoms with Crippen molar-refractivity contribution in [3.05, 3.63) is 82.3 Å². The lowest BCUT2D eigenvalue weighted by atomic mass is 10.2. The molecule has 1 amide bonds. The standard InChI is InChI=1S/C18H16N4O3/c23-17(10-14-11-18(24)22-20-14)21-19-12-13-5-4-8-16(9-13)25-15-6-2-1-3-7-15/h1-9,11-12H,10H2,(H,21,23)(H2,20,22,24)/b19-12+. The summed E-state index contributed by atoms with van der Waals surface area (Å²) in [5, 5.41) is 8.89. The number of aromatic nitrogens is 2. The van der Waals surface area contributed by atoms with Crippen molar-refractivity contribution < 1.29 is 9.53 Å². The lowest BCUT2D eigenvalue weighted by Crippen LogP contribution is -2.20. The van der Waals surface area contributed by atoms with Crippen LogP contribution in [0.5, 0.6) is 11.5 Å². The van der Waals surface area contributed by atoms with E-state index in [-0.39, 0.29) is 17.9 Å². The summed E-state index contributed by atoms with van der Waals surface area (Å²) in [5.41, 5.74) is 3.41. The number of ether oxygens (including phenoxy) is 1. The monoisotopic (exact) mass is 336 g/mol. The zero-order chi connectivity index (χ0) is 17.5. The molecule has 0 bridgehead atoms. The van der Waals surface area contributed by atoms with Gasteiger partial charge in [-0.3, -0.25) is 14.7 Å². The molecule has 25 heavy (non-hydrogen) atoms. The van der Waals surface area contributed by atoms with Crippen molar-refractivity contribution in [2.45, 2.75) is 6.42 Å². The fraction of sp³-hybridized carbons (Fsp3) is 0.0556. The first-order valence-corrected chi connectivity index (χ1v) is 7.60. The molecule has 0 spiro atoms. The van der Waals surface area contributed by atoms with Crippen molar-refractivity contribution in [3.63, 3.8) is 0 Å². The highest BCUT2D eigenvalue weighted by Crippen LogP contribution is 2.21. The molecule has 0 atom stereocenters. The number of nitrogens with one attached hydrogen (secondary N) is 3. The molecule has 126 valence electrons. The second-order valence-corrected chi connectivity index (χ2v) is 5.24. The Morgan fingerprint density at radius 1 is 1.04 bits per heavy atom. The first-order valence-electron chi connectivity index (χ1n) is 7.60. The van der Waals surface area contributed by atoms with E-state index in [0.29, 0.717) is 11.4 Å². The molecule has 0 saturated heterocycles. The normalized spacial score (nSPS) is 10.7. The van der Waals surface area contributed by atoms with Crippen LogP contribution in [0.15, 0.2) is 70.6 Å². The van der Waals surface area contributed by atoms with Crippen molar-refractivity contribution in [2.24, 2.45) is 5.10 Å². The molecule has 0 radical (unpaired) electrons. The second-order valence-electron chi connectivity index (χ2n) is 5.24. The van der Waals surface area contributed by atoms with Crippen LogP contribution in [0.1, 0.15) is 11.3 Å². The van der Waals surface area contributed by atoms with E-state index in [1.807, 2.05) is 54.6 Å². The van der Waals surface area contributed by atoms with Gasteiger partial charge in [-0.15, -0.1) is 0 Å². The van der Waals surface area contributed by atoms with Crippen LogP contribution < -0.4 is 15.7 Å². The van der Waals surface area contributed by atoms with Crippen molar-refractivity contribution in [1.29, 1.82) is 0 Å². The van der Waals surface area contributed by atoms with Gasteiger partial charge in [0.05, 0.1) is 12.6 Å². The van der Waals surface area contributed by atoms with Gasteiger partial charge >= 0.3 is 0 Å². The van der Waals surface area contributed by atoms with E-state index in [0.717, 1.165) is 11.3 Å². The highest BCUT2D eigenvalue weighted by molar-refractivity contribution is 5.83. The molecule has 7 nitrogen and oxygen atoms in total.